The number of unbranched alkanes of at least 4 members (excludes halogenated alkanes) is 1. The first-order valence-corrected chi connectivity index (χ1v) is 7.62. The van der Waals surface area contributed by atoms with Crippen LogP contribution in [-0.2, 0) is 9.53 Å². The van der Waals surface area contributed by atoms with E-state index in [1.165, 1.54) is 0 Å². The highest BCUT2D eigenvalue weighted by Gasteiger charge is 2.30. The average Bonchev–Trinajstić information content (AvgIpc) is 2.39. The molecule has 19 heavy (non-hydrogen) atoms. The molecular weight excluding hydrogens is 240 g/mol. The Bertz CT molecular complexity index is 259. The lowest BCUT2D eigenvalue weighted by Crippen LogP contribution is -2.58. The highest BCUT2D eigenvalue weighted by Crippen LogP contribution is 2.17. The summed E-state index contributed by atoms with van der Waals surface area (Å²) in [6.45, 7) is 10.2. The summed E-state index contributed by atoms with van der Waals surface area (Å²) < 4.78 is 5.12. The van der Waals surface area contributed by atoms with E-state index in [4.69, 9.17) is 4.74 Å². The fraction of sp³-hybridized carbons (Fsp3) is 0.933. The van der Waals surface area contributed by atoms with Gasteiger partial charge in [0.15, 0.2) is 0 Å². The molecule has 1 amide bonds. The summed E-state index contributed by atoms with van der Waals surface area (Å²) >= 11 is 0. The molecule has 0 saturated carbocycles. The van der Waals surface area contributed by atoms with Gasteiger partial charge in [-0.25, -0.2) is 0 Å². The van der Waals surface area contributed by atoms with Crippen molar-refractivity contribution >= 4 is 5.91 Å². The molecule has 1 heterocycles. The Morgan fingerprint density at radius 2 is 1.84 bits per heavy atom. The summed E-state index contributed by atoms with van der Waals surface area (Å²) in [4.78, 5) is 16.7. The first-order chi connectivity index (χ1) is 9.10. The quantitative estimate of drug-likeness (QED) is 0.664. The van der Waals surface area contributed by atoms with Gasteiger partial charge in [0.2, 0.25) is 5.91 Å². The van der Waals surface area contributed by atoms with Crippen molar-refractivity contribution in [2.24, 2.45) is 0 Å². The molecule has 1 aliphatic heterocycles. The maximum atomic E-state index is 12.1. The van der Waals surface area contributed by atoms with Crippen LogP contribution < -0.4 is 0 Å². The number of hydrogen-bond acceptors (Lipinski definition) is 3. The zero-order valence-electron chi connectivity index (χ0n) is 13.0. The van der Waals surface area contributed by atoms with Crippen LogP contribution in [0.25, 0.3) is 0 Å². The van der Waals surface area contributed by atoms with Gasteiger partial charge in [-0.1, -0.05) is 13.3 Å². The van der Waals surface area contributed by atoms with Gasteiger partial charge in [0.1, 0.15) is 0 Å². The maximum Gasteiger partial charge on any atom is 0.222 e. The van der Waals surface area contributed by atoms with Crippen molar-refractivity contribution in [2.45, 2.75) is 58.5 Å². The molecule has 0 spiro atoms. The lowest BCUT2D eigenvalue weighted by Gasteiger charge is -2.44. The Morgan fingerprint density at radius 1 is 1.21 bits per heavy atom. The van der Waals surface area contributed by atoms with Gasteiger partial charge in [0.05, 0.1) is 0 Å². The minimum absolute atomic E-state index is 0.331. The molecule has 1 rings (SSSR count). The minimum atomic E-state index is 0.331. The van der Waals surface area contributed by atoms with Crippen molar-refractivity contribution in [1.82, 2.24) is 9.80 Å². The Balaban J connectivity index is 2.43. The normalized spacial score (nSPS) is 24.7. The van der Waals surface area contributed by atoms with Crippen LogP contribution in [0, 0.1) is 0 Å². The smallest absolute Gasteiger partial charge is 0.222 e. The molecule has 0 radical (unpaired) electrons. The Labute approximate surface area is 118 Å². The van der Waals surface area contributed by atoms with Crippen LogP contribution in [0.4, 0.5) is 0 Å². The second-order valence-electron chi connectivity index (χ2n) is 5.68. The van der Waals surface area contributed by atoms with Crippen LogP contribution in [0.3, 0.4) is 0 Å². The van der Waals surface area contributed by atoms with E-state index in [2.05, 4.69) is 30.6 Å². The van der Waals surface area contributed by atoms with Crippen molar-refractivity contribution in [1.29, 1.82) is 0 Å². The molecule has 4 nitrogen and oxygen atoms in total. The monoisotopic (exact) mass is 270 g/mol. The first kappa shape index (κ1) is 16.4. The van der Waals surface area contributed by atoms with Gasteiger partial charge in [-0.05, 0) is 26.7 Å². The van der Waals surface area contributed by atoms with E-state index in [1.54, 1.807) is 7.11 Å². The standard InChI is InChI=1S/C15H30N2O2/c1-5-6-8-15(18)16-11-13(2)17(14(3)12-16)9-7-10-19-4/h13-14H,5-12H2,1-4H3. The minimum Gasteiger partial charge on any atom is -0.385 e. The number of hydrogen-bond donors (Lipinski definition) is 0. The number of ether oxygens (including phenoxy) is 1. The van der Waals surface area contributed by atoms with Crippen molar-refractivity contribution in [3.8, 4) is 0 Å². The third-order valence-corrected chi connectivity index (χ3v) is 3.96. The van der Waals surface area contributed by atoms with E-state index in [0.29, 0.717) is 24.4 Å². The molecule has 2 unspecified atom stereocenters. The van der Waals surface area contributed by atoms with E-state index in [-0.39, 0.29) is 0 Å². The van der Waals surface area contributed by atoms with Crippen molar-refractivity contribution in [3.63, 3.8) is 0 Å². The van der Waals surface area contributed by atoms with E-state index >= 15 is 0 Å². The predicted octanol–water partition coefficient (Wildman–Crippen LogP) is 2.13. The van der Waals surface area contributed by atoms with Crippen molar-refractivity contribution < 1.29 is 9.53 Å². The number of rotatable bonds is 7. The zero-order valence-corrected chi connectivity index (χ0v) is 13.0. The molecule has 4 heteroatoms. The summed E-state index contributed by atoms with van der Waals surface area (Å²) in [5.74, 6) is 0.331. The third-order valence-electron chi connectivity index (χ3n) is 3.96. The van der Waals surface area contributed by atoms with Crippen LogP contribution >= 0.6 is 0 Å². The molecule has 0 aliphatic carbocycles. The third kappa shape index (κ3) is 5.11. The largest absolute Gasteiger partial charge is 0.385 e. The second-order valence-corrected chi connectivity index (χ2v) is 5.68. The van der Waals surface area contributed by atoms with E-state index < -0.39 is 0 Å². The first-order valence-electron chi connectivity index (χ1n) is 7.62. The SMILES string of the molecule is CCCCC(=O)N1CC(C)N(CCCOC)C(C)C1. The van der Waals surface area contributed by atoms with Crippen LogP contribution in [-0.4, -0.2) is 61.1 Å². The fourth-order valence-corrected chi connectivity index (χ4v) is 2.88. The molecule has 112 valence electrons. The number of methoxy groups -OCH3 is 1. The number of amides is 1. The summed E-state index contributed by atoms with van der Waals surface area (Å²) in [5.41, 5.74) is 0. The van der Waals surface area contributed by atoms with Gasteiger partial charge in [-0.2, -0.15) is 0 Å². The fourth-order valence-electron chi connectivity index (χ4n) is 2.88. The van der Waals surface area contributed by atoms with Crippen LogP contribution in [0.15, 0.2) is 0 Å². The number of piperazine rings is 1. The van der Waals surface area contributed by atoms with Crippen molar-refractivity contribution in [2.75, 3.05) is 33.4 Å². The molecule has 1 aliphatic rings. The lowest BCUT2D eigenvalue weighted by molar-refractivity contribution is -0.135. The van der Waals surface area contributed by atoms with Gasteiger partial charge < -0.3 is 9.64 Å². The Kier molecular flexibility index (Phi) is 7.39. The molecule has 0 aromatic carbocycles. The Hall–Kier alpha value is -0.610. The van der Waals surface area contributed by atoms with Gasteiger partial charge in [-0.15, -0.1) is 0 Å². The molecule has 0 bridgehead atoms. The van der Waals surface area contributed by atoms with Gasteiger partial charge in [-0.3, -0.25) is 9.69 Å². The molecule has 0 aromatic heterocycles. The molecule has 0 N–H and O–H groups in total. The van der Waals surface area contributed by atoms with E-state index in [0.717, 1.165) is 45.5 Å². The van der Waals surface area contributed by atoms with Crippen LogP contribution in [0.5, 0.6) is 0 Å². The van der Waals surface area contributed by atoms with Gasteiger partial charge >= 0.3 is 0 Å². The van der Waals surface area contributed by atoms with Gasteiger partial charge in [0.25, 0.3) is 0 Å². The molecule has 2 atom stereocenters. The van der Waals surface area contributed by atoms with Crippen LogP contribution in [0.2, 0.25) is 0 Å². The average molecular weight is 270 g/mol. The summed E-state index contributed by atoms with van der Waals surface area (Å²) in [7, 11) is 1.75. The van der Waals surface area contributed by atoms with E-state index in [1.807, 2.05) is 0 Å². The maximum absolute atomic E-state index is 12.1. The van der Waals surface area contributed by atoms with Crippen molar-refractivity contribution in [3.05, 3.63) is 0 Å². The summed E-state index contributed by atoms with van der Waals surface area (Å²) in [6.07, 6.45) is 3.87. The number of nitrogens with zero attached hydrogens (tertiary/aromatic N) is 2. The lowest BCUT2D eigenvalue weighted by atomic mass is 10.1. The highest BCUT2D eigenvalue weighted by atomic mass is 16.5. The Morgan fingerprint density at radius 3 is 2.37 bits per heavy atom. The second kappa shape index (κ2) is 8.54. The number of carbonyl (C=O) groups is 1. The zero-order chi connectivity index (χ0) is 14.3. The number of carbonyl (C=O) groups excluding carboxylic acids is 1. The molecule has 1 fully saturated rings. The molecule has 0 aromatic rings. The topological polar surface area (TPSA) is 32.8 Å². The predicted molar refractivity (Wildman–Crippen MR) is 78.2 cm³/mol. The van der Waals surface area contributed by atoms with Crippen LogP contribution in [0.1, 0.15) is 46.5 Å². The summed E-state index contributed by atoms with van der Waals surface area (Å²) in [6, 6.07) is 0.900. The molecule has 1 saturated heterocycles. The highest BCUT2D eigenvalue weighted by molar-refractivity contribution is 5.76. The molecular formula is C15H30N2O2. The summed E-state index contributed by atoms with van der Waals surface area (Å²) in [5, 5.41) is 0. The van der Waals surface area contributed by atoms with Gasteiger partial charge in [0, 0.05) is 51.9 Å². The van der Waals surface area contributed by atoms with E-state index in [9.17, 15) is 4.79 Å².